The molecule has 0 aromatic heterocycles. The molecule has 8 heteroatoms. The van der Waals surface area contributed by atoms with Gasteiger partial charge in [0.2, 0.25) is 6.41 Å². The molecule has 0 fully saturated rings. The number of urea groups is 1. The Morgan fingerprint density at radius 1 is 1.16 bits per heavy atom. The molecule has 1 aromatic rings. The Hall–Kier alpha value is -2.25. The van der Waals surface area contributed by atoms with Gasteiger partial charge in [0, 0.05) is 13.1 Å². The normalized spacial score (nSPS) is 9.84. The molecule has 0 saturated heterocycles. The summed E-state index contributed by atoms with van der Waals surface area (Å²) in [6.45, 7) is 0.612. The average molecular weight is 275 g/mol. The lowest BCUT2D eigenvalue weighted by molar-refractivity contribution is -0.109. The number of hydrogen-bond donors (Lipinski definition) is 3. The Morgan fingerprint density at radius 3 is 2.58 bits per heavy atom. The van der Waals surface area contributed by atoms with E-state index in [0.29, 0.717) is 25.4 Å². The predicted octanol–water partition coefficient (Wildman–Crippen LogP) is 1.36. The van der Waals surface area contributed by atoms with Gasteiger partial charge in [-0.15, -0.1) is 0 Å². The van der Waals surface area contributed by atoms with Gasteiger partial charge in [0.05, 0.1) is 5.69 Å². The van der Waals surface area contributed by atoms with Crippen molar-refractivity contribution in [3.8, 4) is 0 Å². The molecule has 0 aliphatic heterocycles. The fourth-order valence-corrected chi connectivity index (χ4v) is 1.24. The van der Waals surface area contributed by atoms with E-state index in [2.05, 4.69) is 10.6 Å². The number of carbonyl (C=O) groups excluding carboxylic acids is 2. The van der Waals surface area contributed by atoms with E-state index in [1.807, 2.05) is 5.32 Å². The summed E-state index contributed by atoms with van der Waals surface area (Å²) in [5, 5.41) is 6.80. The maximum atomic E-state index is 13.2. The van der Waals surface area contributed by atoms with Gasteiger partial charge in [0.25, 0.3) is 0 Å². The van der Waals surface area contributed by atoms with Crippen molar-refractivity contribution in [2.45, 2.75) is 6.42 Å². The summed E-state index contributed by atoms with van der Waals surface area (Å²) >= 11 is 0. The fourth-order valence-electron chi connectivity index (χ4n) is 1.24. The van der Waals surface area contributed by atoms with Crippen LogP contribution in [0.4, 0.5) is 23.7 Å². The van der Waals surface area contributed by atoms with Crippen LogP contribution in [-0.2, 0) is 4.79 Å². The van der Waals surface area contributed by atoms with Crippen LogP contribution in [0.5, 0.6) is 0 Å². The second-order valence-electron chi connectivity index (χ2n) is 3.53. The van der Waals surface area contributed by atoms with Crippen molar-refractivity contribution in [3.63, 3.8) is 0 Å². The summed E-state index contributed by atoms with van der Waals surface area (Å²) in [5.41, 5.74) is -0.456. The average Bonchev–Trinajstić information content (AvgIpc) is 2.39. The highest BCUT2D eigenvalue weighted by atomic mass is 19.2. The molecule has 3 amide bonds. The third kappa shape index (κ3) is 4.49. The maximum absolute atomic E-state index is 13.2. The lowest BCUT2D eigenvalue weighted by atomic mass is 10.3. The Bertz CT molecular complexity index is 469. The van der Waals surface area contributed by atoms with E-state index in [1.54, 1.807) is 0 Å². The SMILES string of the molecule is O=CNCCCNC(=O)Nc1ccc(F)c(F)c1F. The van der Waals surface area contributed by atoms with E-state index in [4.69, 9.17) is 0 Å². The molecule has 5 nitrogen and oxygen atoms in total. The molecule has 0 bridgehead atoms. The number of benzene rings is 1. The number of rotatable bonds is 6. The van der Waals surface area contributed by atoms with E-state index >= 15 is 0 Å². The van der Waals surface area contributed by atoms with Crippen molar-refractivity contribution in [3.05, 3.63) is 29.6 Å². The lowest BCUT2D eigenvalue weighted by Gasteiger charge is -2.08. The second-order valence-corrected chi connectivity index (χ2v) is 3.53. The first kappa shape index (κ1) is 14.8. The minimum absolute atomic E-state index is 0.234. The number of nitrogens with one attached hydrogen (secondary N) is 3. The molecule has 0 saturated carbocycles. The zero-order chi connectivity index (χ0) is 14.3. The van der Waals surface area contributed by atoms with Crippen LogP contribution in [0.2, 0.25) is 0 Å². The van der Waals surface area contributed by atoms with Gasteiger partial charge in [-0.1, -0.05) is 0 Å². The van der Waals surface area contributed by atoms with Crippen molar-refractivity contribution in [1.82, 2.24) is 10.6 Å². The van der Waals surface area contributed by atoms with Gasteiger partial charge >= 0.3 is 6.03 Å². The quantitative estimate of drug-likeness (QED) is 0.417. The molecule has 1 aromatic carbocycles. The summed E-state index contributed by atoms with van der Waals surface area (Å²) in [6.07, 6.45) is 1.00. The largest absolute Gasteiger partial charge is 0.359 e. The van der Waals surface area contributed by atoms with E-state index in [-0.39, 0.29) is 6.54 Å². The molecule has 0 atom stereocenters. The maximum Gasteiger partial charge on any atom is 0.319 e. The molecule has 104 valence electrons. The van der Waals surface area contributed by atoms with Gasteiger partial charge in [0.15, 0.2) is 17.5 Å². The summed E-state index contributed by atoms with van der Waals surface area (Å²) in [7, 11) is 0. The zero-order valence-electron chi connectivity index (χ0n) is 9.80. The number of carbonyl (C=O) groups is 2. The fraction of sp³-hybridized carbons (Fsp3) is 0.273. The van der Waals surface area contributed by atoms with Gasteiger partial charge in [-0.05, 0) is 18.6 Å². The van der Waals surface area contributed by atoms with Crippen LogP contribution in [-0.4, -0.2) is 25.5 Å². The van der Waals surface area contributed by atoms with Crippen LogP contribution in [0.25, 0.3) is 0 Å². The van der Waals surface area contributed by atoms with Gasteiger partial charge in [-0.2, -0.15) is 0 Å². The Labute approximate surface area is 107 Å². The highest BCUT2D eigenvalue weighted by Crippen LogP contribution is 2.19. The zero-order valence-corrected chi connectivity index (χ0v) is 9.80. The molecule has 0 unspecified atom stereocenters. The molecular weight excluding hydrogens is 263 g/mol. The van der Waals surface area contributed by atoms with Gasteiger partial charge < -0.3 is 16.0 Å². The highest BCUT2D eigenvalue weighted by Gasteiger charge is 2.14. The van der Waals surface area contributed by atoms with Crippen molar-refractivity contribution < 1.29 is 22.8 Å². The smallest absolute Gasteiger partial charge is 0.319 e. The van der Waals surface area contributed by atoms with E-state index in [0.717, 1.165) is 6.07 Å². The minimum Gasteiger partial charge on any atom is -0.359 e. The molecule has 0 aliphatic carbocycles. The summed E-state index contributed by atoms with van der Waals surface area (Å²) in [4.78, 5) is 21.2. The van der Waals surface area contributed by atoms with Crippen molar-refractivity contribution >= 4 is 18.1 Å². The van der Waals surface area contributed by atoms with Crippen LogP contribution >= 0.6 is 0 Å². The first-order valence-corrected chi connectivity index (χ1v) is 5.41. The summed E-state index contributed by atoms with van der Waals surface area (Å²) in [6, 6.07) is 0.875. The second kappa shape index (κ2) is 7.24. The highest BCUT2D eigenvalue weighted by molar-refractivity contribution is 5.89. The first-order chi connectivity index (χ1) is 9.06. The van der Waals surface area contributed by atoms with Crippen LogP contribution in [0, 0.1) is 17.5 Å². The molecule has 1 rings (SSSR count). The third-order valence-corrected chi connectivity index (χ3v) is 2.15. The standard InChI is InChI=1S/C11H12F3N3O2/c12-7-2-3-8(10(14)9(7)13)17-11(19)16-5-1-4-15-6-18/h2-3,6H,1,4-5H2,(H,15,18)(H2,16,17,19). The van der Waals surface area contributed by atoms with Crippen molar-refractivity contribution in [2.75, 3.05) is 18.4 Å². The third-order valence-electron chi connectivity index (χ3n) is 2.15. The Kier molecular flexibility index (Phi) is 5.65. The first-order valence-electron chi connectivity index (χ1n) is 5.41. The molecule has 3 N–H and O–H groups in total. The predicted molar refractivity (Wildman–Crippen MR) is 62.0 cm³/mol. The molecule has 0 spiro atoms. The molecule has 0 aliphatic rings. The Morgan fingerprint density at radius 2 is 1.89 bits per heavy atom. The summed E-state index contributed by atoms with van der Waals surface area (Å²) < 4.78 is 38.7. The Balaban J connectivity index is 2.44. The minimum atomic E-state index is -1.65. The van der Waals surface area contributed by atoms with E-state index in [9.17, 15) is 22.8 Å². The van der Waals surface area contributed by atoms with E-state index in [1.165, 1.54) is 0 Å². The number of hydrogen-bond acceptors (Lipinski definition) is 2. The molecular formula is C11H12F3N3O2. The van der Waals surface area contributed by atoms with Crippen LogP contribution < -0.4 is 16.0 Å². The van der Waals surface area contributed by atoms with E-state index < -0.39 is 29.2 Å². The van der Waals surface area contributed by atoms with Gasteiger partial charge in [-0.25, -0.2) is 18.0 Å². The monoisotopic (exact) mass is 275 g/mol. The van der Waals surface area contributed by atoms with Crippen LogP contribution in [0.15, 0.2) is 12.1 Å². The number of halogens is 3. The van der Waals surface area contributed by atoms with Crippen molar-refractivity contribution in [2.24, 2.45) is 0 Å². The van der Waals surface area contributed by atoms with Gasteiger partial charge in [0.1, 0.15) is 0 Å². The van der Waals surface area contributed by atoms with Gasteiger partial charge in [-0.3, -0.25) is 4.79 Å². The molecule has 0 heterocycles. The molecule has 19 heavy (non-hydrogen) atoms. The number of amides is 3. The van der Waals surface area contributed by atoms with Crippen LogP contribution in [0.1, 0.15) is 6.42 Å². The lowest BCUT2D eigenvalue weighted by Crippen LogP contribution is -2.31. The topological polar surface area (TPSA) is 70.2 Å². The number of anilines is 1. The summed E-state index contributed by atoms with van der Waals surface area (Å²) in [5.74, 6) is -4.44. The van der Waals surface area contributed by atoms with Crippen molar-refractivity contribution in [1.29, 1.82) is 0 Å². The molecule has 0 radical (unpaired) electrons. The van der Waals surface area contributed by atoms with Crippen LogP contribution in [0.3, 0.4) is 0 Å².